The molecular formula is C24H36O5. The number of esters is 2. The molecule has 0 aromatic rings. The van der Waals surface area contributed by atoms with Gasteiger partial charge in [-0.05, 0) is 45.1 Å². The van der Waals surface area contributed by atoms with Gasteiger partial charge in [0.15, 0.2) is 5.76 Å². The molecular weight excluding hydrogens is 368 g/mol. The molecule has 0 aliphatic heterocycles. The van der Waals surface area contributed by atoms with Crippen molar-refractivity contribution in [2.45, 2.75) is 85.0 Å². The molecule has 1 rings (SSSR count). The molecule has 0 bridgehead atoms. The van der Waals surface area contributed by atoms with Crippen molar-refractivity contribution in [1.82, 2.24) is 0 Å². The first-order chi connectivity index (χ1) is 14.0. The Morgan fingerprint density at radius 2 is 1.76 bits per heavy atom. The Labute approximate surface area is 175 Å². The Hall–Kier alpha value is -2.17. The highest BCUT2D eigenvalue weighted by molar-refractivity contribution is 6.11. The molecule has 0 saturated carbocycles. The first-order valence-corrected chi connectivity index (χ1v) is 11.0. The highest BCUT2D eigenvalue weighted by Crippen LogP contribution is 2.30. The minimum absolute atomic E-state index is 0.131. The average molecular weight is 405 g/mol. The monoisotopic (exact) mass is 404 g/mol. The van der Waals surface area contributed by atoms with Gasteiger partial charge in [0, 0.05) is 24.8 Å². The number of carbonyl (C=O) groups is 3. The zero-order chi connectivity index (χ0) is 21.5. The molecule has 0 aromatic heterocycles. The summed E-state index contributed by atoms with van der Waals surface area (Å²) in [7, 11) is 0. The molecule has 5 heteroatoms. The summed E-state index contributed by atoms with van der Waals surface area (Å²) in [5, 5.41) is 0. The van der Waals surface area contributed by atoms with Gasteiger partial charge in [0.2, 0.25) is 5.78 Å². The molecule has 1 aliphatic rings. The van der Waals surface area contributed by atoms with Gasteiger partial charge in [-0.25, -0.2) is 0 Å². The highest BCUT2D eigenvalue weighted by Gasteiger charge is 2.30. The number of rotatable bonds is 14. The molecule has 1 unspecified atom stereocenters. The van der Waals surface area contributed by atoms with E-state index in [0.717, 1.165) is 38.5 Å². The van der Waals surface area contributed by atoms with Crippen molar-refractivity contribution in [3.05, 3.63) is 35.6 Å². The molecule has 0 aromatic carbocycles. The maximum atomic E-state index is 12.6. The predicted molar refractivity (Wildman–Crippen MR) is 114 cm³/mol. The molecule has 0 radical (unpaired) electrons. The smallest absolute Gasteiger partial charge is 0.308 e. The van der Waals surface area contributed by atoms with Crippen LogP contribution in [0.5, 0.6) is 0 Å². The van der Waals surface area contributed by atoms with Crippen LogP contribution < -0.4 is 0 Å². The fraction of sp³-hybridized carbons (Fsp3) is 0.625. The largest absolute Gasteiger partial charge is 0.466 e. The molecule has 0 spiro atoms. The Bertz CT molecular complexity index is 627. The number of ketones is 1. The van der Waals surface area contributed by atoms with Crippen LogP contribution >= 0.6 is 0 Å². The number of hydrogen-bond donors (Lipinski definition) is 0. The number of Topliss-reactive ketones (excluding diaryl/α,β-unsaturated/α-hetero) is 1. The summed E-state index contributed by atoms with van der Waals surface area (Å²) in [5.74, 6) is -0.843. The van der Waals surface area contributed by atoms with Crippen LogP contribution in [-0.2, 0) is 23.9 Å². The van der Waals surface area contributed by atoms with Gasteiger partial charge in [-0.1, -0.05) is 50.8 Å². The molecule has 0 amide bonds. The van der Waals surface area contributed by atoms with E-state index >= 15 is 0 Å². The lowest BCUT2D eigenvalue weighted by Gasteiger charge is -2.05. The Balaban J connectivity index is 2.57. The Morgan fingerprint density at radius 3 is 2.45 bits per heavy atom. The van der Waals surface area contributed by atoms with E-state index in [-0.39, 0.29) is 23.4 Å². The third-order valence-corrected chi connectivity index (χ3v) is 4.75. The summed E-state index contributed by atoms with van der Waals surface area (Å²) >= 11 is 0. The third-order valence-electron chi connectivity index (χ3n) is 4.75. The molecule has 29 heavy (non-hydrogen) atoms. The van der Waals surface area contributed by atoms with Gasteiger partial charge in [0.05, 0.1) is 6.61 Å². The van der Waals surface area contributed by atoms with Crippen molar-refractivity contribution in [2.24, 2.45) is 5.92 Å². The van der Waals surface area contributed by atoms with Gasteiger partial charge in [-0.15, -0.1) is 0 Å². The van der Waals surface area contributed by atoms with E-state index < -0.39 is 5.97 Å². The van der Waals surface area contributed by atoms with E-state index in [2.05, 4.69) is 13.0 Å². The minimum Gasteiger partial charge on any atom is -0.466 e. The lowest BCUT2D eigenvalue weighted by atomic mass is 9.98. The number of unbranched alkanes of at least 4 members (excludes halogenated alkanes) is 7. The normalized spacial score (nSPS) is 17.8. The number of carbonyl (C=O) groups excluding carboxylic acids is 3. The first kappa shape index (κ1) is 24.9. The molecule has 0 heterocycles. The predicted octanol–water partition coefficient (Wildman–Crippen LogP) is 5.60. The highest BCUT2D eigenvalue weighted by atomic mass is 16.5. The lowest BCUT2D eigenvalue weighted by Crippen LogP contribution is -2.08. The minimum atomic E-state index is -0.480. The Morgan fingerprint density at radius 1 is 1.03 bits per heavy atom. The van der Waals surface area contributed by atoms with Crippen molar-refractivity contribution >= 4 is 17.7 Å². The second kappa shape index (κ2) is 14.8. The van der Waals surface area contributed by atoms with E-state index in [9.17, 15) is 14.4 Å². The van der Waals surface area contributed by atoms with Gasteiger partial charge in [0.25, 0.3) is 0 Å². The SMILES string of the molecule is CCCCCC/C=C/C1C=C(OC(C)=O)C(=O)/C1=C/CCCCCC(=O)OCC. The van der Waals surface area contributed by atoms with Crippen LogP contribution in [0.25, 0.3) is 0 Å². The summed E-state index contributed by atoms with van der Waals surface area (Å²) in [6.45, 7) is 5.71. The van der Waals surface area contributed by atoms with Crippen LogP contribution in [0.2, 0.25) is 0 Å². The van der Waals surface area contributed by atoms with Crippen LogP contribution in [0.3, 0.4) is 0 Å². The van der Waals surface area contributed by atoms with E-state index in [1.165, 1.54) is 26.2 Å². The summed E-state index contributed by atoms with van der Waals surface area (Å²) in [6, 6.07) is 0. The quantitative estimate of drug-likeness (QED) is 0.163. The molecule has 0 N–H and O–H groups in total. The van der Waals surface area contributed by atoms with Crippen LogP contribution in [0.1, 0.15) is 85.0 Å². The number of allylic oxidation sites excluding steroid dienone is 5. The van der Waals surface area contributed by atoms with E-state index in [1.807, 2.05) is 12.2 Å². The summed E-state index contributed by atoms with van der Waals surface area (Å²) in [5.41, 5.74) is 0.677. The third kappa shape index (κ3) is 10.2. The van der Waals surface area contributed by atoms with Crippen molar-refractivity contribution in [2.75, 3.05) is 6.61 Å². The second-order valence-corrected chi connectivity index (χ2v) is 7.32. The number of hydrogen-bond acceptors (Lipinski definition) is 5. The summed E-state index contributed by atoms with van der Waals surface area (Å²) < 4.78 is 10.0. The van der Waals surface area contributed by atoms with Crippen LogP contribution in [0, 0.1) is 5.92 Å². The van der Waals surface area contributed by atoms with Crippen molar-refractivity contribution in [3.63, 3.8) is 0 Å². The standard InChI is InChI=1S/C24H36O5/c1-4-6-7-8-9-12-15-20-18-22(29-19(3)25)24(27)21(20)16-13-10-11-14-17-23(26)28-5-2/h12,15-16,18,20H,4-11,13-14,17H2,1-3H3/b15-12+,21-16+. The van der Waals surface area contributed by atoms with Crippen molar-refractivity contribution < 1.29 is 23.9 Å². The molecule has 5 nitrogen and oxygen atoms in total. The zero-order valence-electron chi connectivity index (χ0n) is 18.2. The fourth-order valence-electron chi connectivity index (χ4n) is 3.26. The topological polar surface area (TPSA) is 69.7 Å². The van der Waals surface area contributed by atoms with Gasteiger partial charge in [-0.3, -0.25) is 14.4 Å². The molecule has 162 valence electrons. The van der Waals surface area contributed by atoms with Gasteiger partial charge < -0.3 is 9.47 Å². The Kier molecular flexibility index (Phi) is 12.7. The average Bonchev–Trinajstić information content (AvgIpc) is 2.95. The summed E-state index contributed by atoms with van der Waals surface area (Å²) in [4.78, 5) is 35.2. The van der Waals surface area contributed by atoms with Crippen molar-refractivity contribution in [3.8, 4) is 0 Å². The summed E-state index contributed by atoms with van der Waals surface area (Å²) in [6.07, 6.45) is 17.4. The fourth-order valence-corrected chi connectivity index (χ4v) is 3.26. The van der Waals surface area contributed by atoms with Crippen molar-refractivity contribution in [1.29, 1.82) is 0 Å². The van der Waals surface area contributed by atoms with Crippen LogP contribution in [-0.4, -0.2) is 24.3 Å². The van der Waals surface area contributed by atoms with Crippen LogP contribution in [0.4, 0.5) is 0 Å². The second-order valence-electron chi connectivity index (χ2n) is 7.32. The lowest BCUT2D eigenvalue weighted by molar-refractivity contribution is -0.143. The maximum absolute atomic E-state index is 12.6. The molecule has 0 fully saturated rings. The first-order valence-electron chi connectivity index (χ1n) is 11.0. The van der Waals surface area contributed by atoms with E-state index in [0.29, 0.717) is 18.6 Å². The molecule has 1 aliphatic carbocycles. The van der Waals surface area contributed by atoms with E-state index in [1.54, 1.807) is 13.0 Å². The van der Waals surface area contributed by atoms with Gasteiger partial charge in [0.1, 0.15) is 0 Å². The zero-order valence-corrected chi connectivity index (χ0v) is 18.2. The number of ether oxygens (including phenoxy) is 2. The van der Waals surface area contributed by atoms with Gasteiger partial charge >= 0.3 is 11.9 Å². The molecule has 0 saturated heterocycles. The van der Waals surface area contributed by atoms with E-state index in [4.69, 9.17) is 9.47 Å². The maximum Gasteiger partial charge on any atom is 0.308 e. The molecule has 1 atom stereocenters. The van der Waals surface area contributed by atoms with Crippen LogP contribution in [0.15, 0.2) is 35.6 Å². The van der Waals surface area contributed by atoms with Gasteiger partial charge in [-0.2, -0.15) is 0 Å².